The van der Waals surface area contributed by atoms with Gasteiger partial charge in [-0.05, 0) is 43.7 Å². The lowest BCUT2D eigenvalue weighted by atomic mass is 10.0. The van der Waals surface area contributed by atoms with E-state index in [1.54, 1.807) is 6.20 Å². The molecule has 0 bridgehead atoms. The lowest BCUT2D eigenvalue weighted by molar-refractivity contribution is 0.183. The molecule has 4 heteroatoms. The first-order valence-electron chi connectivity index (χ1n) is 6.77. The molecule has 1 aromatic carbocycles. The van der Waals surface area contributed by atoms with E-state index in [1.807, 2.05) is 16.9 Å². The average Bonchev–Trinajstić information content (AvgIpc) is 3.13. The zero-order valence-electron chi connectivity index (χ0n) is 11.1. The minimum absolute atomic E-state index is 0.443. The maximum Gasteiger partial charge on any atom is 0.0647 e. The van der Waals surface area contributed by atoms with E-state index in [2.05, 4.69) is 41.6 Å². The third-order valence-electron chi connectivity index (χ3n) is 3.70. The molecule has 2 atom stereocenters. The van der Waals surface area contributed by atoms with Crippen molar-refractivity contribution in [3.63, 3.8) is 0 Å². The Morgan fingerprint density at radius 1 is 1.37 bits per heavy atom. The predicted octanol–water partition coefficient (Wildman–Crippen LogP) is 2.71. The minimum Gasteiger partial charge on any atom is -0.382 e. The highest BCUT2D eigenvalue weighted by molar-refractivity contribution is 5.49. The molecule has 0 amide bonds. The Morgan fingerprint density at radius 2 is 2.21 bits per heavy atom. The molecule has 1 aliphatic heterocycles. The van der Waals surface area contributed by atoms with Crippen LogP contribution < -0.4 is 5.32 Å². The van der Waals surface area contributed by atoms with E-state index in [9.17, 15) is 0 Å². The molecule has 0 spiro atoms. The lowest BCUT2D eigenvalue weighted by Gasteiger charge is -2.20. The molecule has 3 rings (SSSR count). The quantitative estimate of drug-likeness (QED) is 0.915. The van der Waals surface area contributed by atoms with Crippen LogP contribution >= 0.6 is 0 Å². The van der Waals surface area contributed by atoms with Crippen molar-refractivity contribution >= 4 is 5.69 Å². The van der Waals surface area contributed by atoms with Crippen LogP contribution in [0.4, 0.5) is 5.69 Å². The standard InChI is InChI=1S/C15H19N3O/c1-12(13-7-10-19-11-13)17-14-3-5-15(6-4-14)18-9-2-8-16-18/h2-6,8-9,12-13,17H,7,10-11H2,1H3. The summed E-state index contributed by atoms with van der Waals surface area (Å²) in [5, 5.41) is 7.77. The van der Waals surface area contributed by atoms with Gasteiger partial charge in [-0.15, -0.1) is 0 Å². The van der Waals surface area contributed by atoms with Gasteiger partial charge in [-0.1, -0.05) is 0 Å². The number of nitrogens with zero attached hydrogens (tertiary/aromatic N) is 2. The predicted molar refractivity (Wildman–Crippen MR) is 75.6 cm³/mol. The summed E-state index contributed by atoms with van der Waals surface area (Å²) in [6, 6.07) is 10.7. The molecule has 0 saturated carbocycles. The molecule has 2 heterocycles. The smallest absolute Gasteiger partial charge is 0.0647 e. The number of rotatable bonds is 4. The summed E-state index contributed by atoms with van der Waals surface area (Å²) in [7, 11) is 0. The number of ether oxygens (including phenoxy) is 1. The second-order valence-corrected chi connectivity index (χ2v) is 5.05. The van der Waals surface area contributed by atoms with Gasteiger partial charge in [0.2, 0.25) is 0 Å². The van der Waals surface area contributed by atoms with E-state index in [0.717, 1.165) is 31.0 Å². The van der Waals surface area contributed by atoms with Gasteiger partial charge in [-0.3, -0.25) is 0 Å². The Bertz CT molecular complexity index is 501. The highest BCUT2D eigenvalue weighted by atomic mass is 16.5. The van der Waals surface area contributed by atoms with Gasteiger partial charge in [0.1, 0.15) is 0 Å². The normalized spacial score (nSPS) is 20.4. The summed E-state index contributed by atoms with van der Waals surface area (Å²) in [6.45, 7) is 4.00. The third kappa shape index (κ3) is 2.79. The van der Waals surface area contributed by atoms with Crippen LogP contribution in [0.1, 0.15) is 13.3 Å². The Hall–Kier alpha value is -1.81. The highest BCUT2D eigenvalue weighted by Gasteiger charge is 2.21. The maximum absolute atomic E-state index is 5.43. The molecule has 1 saturated heterocycles. The van der Waals surface area contributed by atoms with Crippen LogP contribution in [0.2, 0.25) is 0 Å². The Balaban J connectivity index is 1.65. The van der Waals surface area contributed by atoms with Crippen molar-refractivity contribution in [1.82, 2.24) is 9.78 Å². The molecular weight excluding hydrogens is 238 g/mol. The molecule has 19 heavy (non-hydrogen) atoms. The first-order chi connectivity index (χ1) is 9.33. The molecule has 0 aliphatic carbocycles. The van der Waals surface area contributed by atoms with Gasteiger partial charge < -0.3 is 10.1 Å². The summed E-state index contributed by atoms with van der Waals surface area (Å²) in [5.41, 5.74) is 2.22. The van der Waals surface area contributed by atoms with Crippen molar-refractivity contribution in [3.05, 3.63) is 42.7 Å². The van der Waals surface area contributed by atoms with E-state index in [-0.39, 0.29) is 0 Å². The summed E-state index contributed by atoms with van der Waals surface area (Å²) < 4.78 is 7.29. The number of anilines is 1. The topological polar surface area (TPSA) is 39.1 Å². The SMILES string of the molecule is CC(Nc1ccc(-n2cccn2)cc1)C1CCOC1. The van der Waals surface area contributed by atoms with Gasteiger partial charge in [0, 0.05) is 36.6 Å². The van der Waals surface area contributed by atoms with Gasteiger partial charge in [0.15, 0.2) is 0 Å². The van der Waals surface area contributed by atoms with E-state index in [4.69, 9.17) is 4.74 Å². The van der Waals surface area contributed by atoms with Crippen LogP contribution in [-0.4, -0.2) is 29.0 Å². The third-order valence-corrected chi connectivity index (χ3v) is 3.70. The summed E-state index contributed by atoms with van der Waals surface area (Å²) in [5.74, 6) is 0.616. The summed E-state index contributed by atoms with van der Waals surface area (Å²) in [6.07, 6.45) is 4.88. The number of benzene rings is 1. The number of hydrogen-bond acceptors (Lipinski definition) is 3. The van der Waals surface area contributed by atoms with E-state index >= 15 is 0 Å². The van der Waals surface area contributed by atoms with E-state index in [1.165, 1.54) is 0 Å². The van der Waals surface area contributed by atoms with Crippen molar-refractivity contribution in [2.75, 3.05) is 18.5 Å². The van der Waals surface area contributed by atoms with Crippen molar-refractivity contribution < 1.29 is 4.74 Å². The Morgan fingerprint density at radius 3 is 2.84 bits per heavy atom. The van der Waals surface area contributed by atoms with Crippen LogP contribution in [0.25, 0.3) is 5.69 Å². The largest absolute Gasteiger partial charge is 0.382 e. The molecular formula is C15H19N3O. The van der Waals surface area contributed by atoms with Gasteiger partial charge >= 0.3 is 0 Å². The molecule has 2 unspecified atom stereocenters. The zero-order chi connectivity index (χ0) is 13.1. The van der Waals surface area contributed by atoms with Crippen molar-refractivity contribution in [2.45, 2.75) is 19.4 Å². The second kappa shape index (κ2) is 5.45. The Labute approximate surface area is 113 Å². The van der Waals surface area contributed by atoms with Crippen molar-refractivity contribution in [3.8, 4) is 5.69 Å². The Kier molecular flexibility index (Phi) is 3.51. The van der Waals surface area contributed by atoms with Crippen LogP contribution in [-0.2, 0) is 4.74 Å². The van der Waals surface area contributed by atoms with Crippen LogP contribution in [0.3, 0.4) is 0 Å². The number of aromatic nitrogens is 2. The van der Waals surface area contributed by atoms with Crippen LogP contribution in [0.5, 0.6) is 0 Å². The second-order valence-electron chi connectivity index (χ2n) is 5.05. The van der Waals surface area contributed by atoms with Crippen LogP contribution in [0, 0.1) is 5.92 Å². The lowest BCUT2D eigenvalue weighted by Crippen LogP contribution is -2.26. The van der Waals surface area contributed by atoms with Crippen LogP contribution in [0.15, 0.2) is 42.7 Å². The number of nitrogens with one attached hydrogen (secondary N) is 1. The molecule has 4 nitrogen and oxygen atoms in total. The molecule has 2 aromatic rings. The highest BCUT2D eigenvalue weighted by Crippen LogP contribution is 2.21. The van der Waals surface area contributed by atoms with Gasteiger partial charge in [0.25, 0.3) is 0 Å². The molecule has 100 valence electrons. The average molecular weight is 257 g/mol. The first-order valence-corrected chi connectivity index (χ1v) is 6.77. The molecule has 1 fully saturated rings. The fourth-order valence-corrected chi connectivity index (χ4v) is 2.46. The maximum atomic E-state index is 5.43. The molecule has 1 aromatic heterocycles. The number of hydrogen-bond donors (Lipinski definition) is 1. The molecule has 0 radical (unpaired) electrons. The fourth-order valence-electron chi connectivity index (χ4n) is 2.46. The van der Waals surface area contributed by atoms with Crippen molar-refractivity contribution in [2.24, 2.45) is 5.92 Å². The molecule has 1 aliphatic rings. The first kappa shape index (κ1) is 12.2. The van der Waals surface area contributed by atoms with E-state index < -0.39 is 0 Å². The minimum atomic E-state index is 0.443. The van der Waals surface area contributed by atoms with Crippen molar-refractivity contribution in [1.29, 1.82) is 0 Å². The van der Waals surface area contributed by atoms with E-state index in [0.29, 0.717) is 12.0 Å². The van der Waals surface area contributed by atoms with Gasteiger partial charge in [-0.25, -0.2) is 4.68 Å². The monoisotopic (exact) mass is 257 g/mol. The zero-order valence-corrected chi connectivity index (χ0v) is 11.1. The van der Waals surface area contributed by atoms with Gasteiger partial charge in [-0.2, -0.15) is 5.10 Å². The van der Waals surface area contributed by atoms with Gasteiger partial charge in [0.05, 0.1) is 12.3 Å². The fraction of sp³-hybridized carbons (Fsp3) is 0.400. The summed E-state index contributed by atoms with van der Waals surface area (Å²) in [4.78, 5) is 0. The molecule has 1 N–H and O–H groups in total. The summed E-state index contributed by atoms with van der Waals surface area (Å²) >= 11 is 0.